The molecule has 1 heterocycles. The first-order valence-electron chi connectivity index (χ1n) is 4.80. The number of morpholine rings is 1. The molecule has 0 aromatic rings. The largest absolute Gasteiger partial charge is 0.372 e. The summed E-state index contributed by atoms with van der Waals surface area (Å²) >= 11 is 0. The molecule has 0 aliphatic carbocycles. The van der Waals surface area contributed by atoms with Crippen molar-refractivity contribution in [2.75, 3.05) is 6.54 Å². The first kappa shape index (κ1) is 10.0. The molecule has 12 heavy (non-hydrogen) atoms. The van der Waals surface area contributed by atoms with Gasteiger partial charge in [-0.15, -0.1) is 0 Å². The number of nitrogens with one attached hydrogen (secondary N) is 1. The van der Waals surface area contributed by atoms with Gasteiger partial charge in [0.15, 0.2) is 0 Å². The third kappa shape index (κ3) is 2.20. The first-order valence-corrected chi connectivity index (χ1v) is 4.80. The van der Waals surface area contributed by atoms with E-state index < -0.39 is 0 Å². The van der Waals surface area contributed by atoms with Crippen LogP contribution in [0.25, 0.3) is 0 Å². The van der Waals surface area contributed by atoms with Crippen LogP contribution in [0.4, 0.5) is 0 Å². The fraction of sp³-hybridized carbons (Fsp3) is 1.00. The van der Waals surface area contributed by atoms with Crippen molar-refractivity contribution in [2.24, 2.45) is 5.41 Å². The maximum atomic E-state index is 5.90. The zero-order chi connectivity index (χ0) is 9.35. The summed E-state index contributed by atoms with van der Waals surface area (Å²) in [5.74, 6) is 0. The minimum atomic E-state index is 0.251. The van der Waals surface area contributed by atoms with E-state index in [2.05, 4.69) is 39.9 Å². The molecule has 0 radical (unpaired) electrons. The quantitative estimate of drug-likeness (QED) is 0.600. The molecule has 3 unspecified atom stereocenters. The summed E-state index contributed by atoms with van der Waals surface area (Å²) in [4.78, 5) is 0. The molecule has 0 saturated carbocycles. The summed E-state index contributed by atoms with van der Waals surface area (Å²) < 4.78 is 5.90. The maximum absolute atomic E-state index is 5.90. The minimum absolute atomic E-state index is 0.251. The molecule has 72 valence electrons. The van der Waals surface area contributed by atoms with Gasteiger partial charge in [-0.05, 0) is 19.3 Å². The van der Waals surface area contributed by atoms with Crippen LogP contribution in [0.1, 0.15) is 34.6 Å². The van der Waals surface area contributed by atoms with Crippen molar-refractivity contribution in [1.29, 1.82) is 0 Å². The molecule has 1 N–H and O–H groups in total. The summed E-state index contributed by atoms with van der Waals surface area (Å²) in [5, 5.41) is 3.46. The van der Waals surface area contributed by atoms with E-state index in [1.165, 1.54) is 0 Å². The summed E-state index contributed by atoms with van der Waals surface area (Å²) in [6.07, 6.45) is 0.687. The van der Waals surface area contributed by atoms with Crippen molar-refractivity contribution in [3.8, 4) is 0 Å². The summed E-state index contributed by atoms with van der Waals surface area (Å²) in [6, 6.07) is 0.489. The Bertz CT molecular complexity index is 150. The molecule has 1 rings (SSSR count). The highest BCUT2D eigenvalue weighted by Crippen LogP contribution is 2.25. The molecule has 3 atom stereocenters. The minimum Gasteiger partial charge on any atom is -0.372 e. The van der Waals surface area contributed by atoms with Crippen molar-refractivity contribution < 1.29 is 4.74 Å². The lowest BCUT2D eigenvalue weighted by atomic mass is 9.87. The van der Waals surface area contributed by atoms with Crippen molar-refractivity contribution in [2.45, 2.75) is 52.9 Å². The van der Waals surface area contributed by atoms with E-state index in [0.29, 0.717) is 18.2 Å². The van der Waals surface area contributed by atoms with Crippen LogP contribution < -0.4 is 5.32 Å². The third-order valence-corrected chi connectivity index (χ3v) is 2.67. The molecule has 0 spiro atoms. The van der Waals surface area contributed by atoms with Crippen molar-refractivity contribution in [3.05, 3.63) is 0 Å². The average Bonchev–Trinajstić information content (AvgIpc) is 1.92. The number of hydrogen-bond donors (Lipinski definition) is 1. The molecule has 1 fully saturated rings. The third-order valence-electron chi connectivity index (χ3n) is 2.67. The van der Waals surface area contributed by atoms with Gasteiger partial charge in [0.05, 0.1) is 12.2 Å². The lowest BCUT2D eigenvalue weighted by Gasteiger charge is -2.40. The van der Waals surface area contributed by atoms with Gasteiger partial charge in [0.25, 0.3) is 0 Å². The van der Waals surface area contributed by atoms with Crippen molar-refractivity contribution in [3.63, 3.8) is 0 Å². The normalized spacial score (nSPS) is 38.2. The second-order valence-electron chi connectivity index (χ2n) is 4.89. The molecule has 0 aromatic heterocycles. The van der Waals surface area contributed by atoms with E-state index in [1.54, 1.807) is 0 Å². The second-order valence-corrected chi connectivity index (χ2v) is 4.89. The SMILES string of the molecule is CC1NCC(C(C)(C)C)OC1C. The predicted molar refractivity (Wildman–Crippen MR) is 51.3 cm³/mol. The van der Waals surface area contributed by atoms with Gasteiger partial charge in [-0.25, -0.2) is 0 Å². The Labute approximate surface area is 75.7 Å². The van der Waals surface area contributed by atoms with Crippen molar-refractivity contribution in [1.82, 2.24) is 5.32 Å². The lowest BCUT2D eigenvalue weighted by Crippen LogP contribution is -2.53. The Kier molecular flexibility index (Phi) is 2.79. The first-order chi connectivity index (χ1) is 5.41. The highest BCUT2D eigenvalue weighted by Gasteiger charge is 2.32. The van der Waals surface area contributed by atoms with E-state index in [1.807, 2.05) is 0 Å². The van der Waals surface area contributed by atoms with Gasteiger partial charge in [-0.3, -0.25) is 0 Å². The van der Waals surface area contributed by atoms with Gasteiger partial charge in [-0.1, -0.05) is 20.8 Å². The van der Waals surface area contributed by atoms with E-state index in [9.17, 15) is 0 Å². The molecule has 0 bridgehead atoms. The molecule has 1 aliphatic heterocycles. The second kappa shape index (κ2) is 3.35. The van der Waals surface area contributed by atoms with Crippen LogP contribution in [0.3, 0.4) is 0 Å². The van der Waals surface area contributed by atoms with Gasteiger partial charge in [0, 0.05) is 12.6 Å². The van der Waals surface area contributed by atoms with Crippen LogP contribution in [-0.2, 0) is 4.74 Å². The molecule has 2 nitrogen and oxygen atoms in total. The molecule has 0 amide bonds. The Balaban J connectivity index is 2.51. The van der Waals surface area contributed by atoms with Crippen LogP contribution in [0, 0.1) is 5.41 Å². The van der Waals surface area contributed by atoms with E-state index in [0.717, 1.165) is 6.54 Å². The van der Waals surface area contributed by atoms with Crippen LogP contribution >= 0.6 is 0 Å². The standard InChI is InChI=1S/C10H21NO/c1-7-8(2)12-9(6-11-7)10(3,4)5/h7-9,11H,6H2,1-5H3. The van der Waals surface area contributed by atoms with Gasteiger partial charge >= 0.3 is 0 Å². The summed E-state index contributed by atoms with van der Waals surface area (Å²) in [6.45, 7) is 12.0. The smallest absolute Gasteiger partial charge is 0.0752 e. The Hall–Kier alpha value is -0.0800. The van der Waals surface area contributed by atoms with Gasteiger partial charge < -0.3 is 10.1 Å². The van der Waals surface area contributed by atoms with E-state index in [-0.39, 0.29) is 5.41 Å². The molecular weight excluding hydrogens is 150 g/mol. The van der Waals surface area contributed by atoms with Crippen LogP contribution in [0.15, 0.2) is 0 Å². The number of ether oxygens (including phenoxy) is 1. The number of hydrogen-bond acceptors (Lipinski definition) is 2. The number of rotatable bonds is 0. The highest BCUT2D eigenvalue weighted by molar-refractivity contribution is 4.85. The van der Waals surface area contributed by atoms with Crippen LogP contribution in [-0.4, -0.2) is 24.8 Å². The average molecular weight is 171 g/mol. The van der Waals surface area contributed by atoms with E-state index in [4.69, 9.17) is 4.74 Å². The topological polar surface area (TPSA) is 21.3 Å². The molecule has 1 saturated heterocycles. The van der Waals surface area contributed by atoms with Gasteiger partial charge in [0.1, 0.15) is 0 Å². The molecule has 2 heteroatoms. The predicted octanol–water partition coefficient (Wildman–Crippen LogP) is 1.80. The zero-order valence-corrected chi connectivity index (χ0v) is 8.85. The fourth-order valence-corrected chi connectivity index (χ4v) is 1.39. The summed E-state index contributed by atoms with van der Waals surface area (Å²) in [5.41, 5.74) is 0.251. The molecule has 1 aliphatic rings. The maximum Gasteiger partial charge on any atom is 0.0752 e. The Morgan fingerprint density at radius 1 is 1.25 bits per heavy atom. The van der Waals surface area contributed by atoms with Crippen LogP contribution in [0.2, 0.25) is 0 Å². The monoisotopic (exact) mass is 171 g/mol. The van der Waals surface area contributed by atoms with Gasteiger partial charge in [0.2, 0.25) is 0 Å². The zero-order valence-electron chi connectivity index (χ0n) is 8.85. The fourth-order valence-electron chi connectivity index (χ4n) is 1.39. The Morgan fingerprint density at radius 3 is 2.25 bits per heavy atom. The molecule has 0 aromatic carbocycles. The molecular formula is C10H21NO. The highest BCUT2D eigenvalue weighted by atomic mass is 16.5. The van der Waals surface area contributed by atoms with E-state index >= 15 is 0 Å². The lowest BCUT2D eigenvalue weighted by molar-refractivity contribution is -0.0958. The summed E-state index contributed by atoms with van der Waals surface area (Å²) in [7, 11) is 0. The van der Waals surface area contributed by atoms with Gasteiger partial charge in [-0.2, -0.15) is 0 Å². The van der Waals surface area contributed by atoms with Crippen LogP contribution in [0.5, 0.6) is 0 Å². The van der Waals surface area contributed by atoms with Crippen molar-refractivity contribution >= 4 is 0 Å². The Morgan fingerprint density at radius 2 is 1.83 bits per heavy atom.